The van der Waals surface area contributed by atoms with E-state index in [1.165, 1.54) is 23.9 Å². The van der Waals surface area contributed by atoms with Crippen LogP contribution in [-0.4, -0.2) is 0 Å². The smallest absolute Gasteiger partial charge is 0.166 e. The predicted octanol–water partition coefficient (Wildman–Crippen LogP) is 5.62. The molecule has 0 spiro atoms. The molecular weight excluding hydrogens is 325 g/mol. The fraction of sp³-hybridized carbons (Fsp3) is 0.0769. The summed E-state index contributed by atoms with van der Waals surface area (Å²) in [4.78, 5) is 1.74. The fourth-order valence-corrected chi connectivity index (χ4v) is 2.73. The van der Waals surface area contributed by atoms with E-state index in [1.54, 1.807) is 0 Å². The van der Waals surface area contributed by atoms with Crippen LogP contribution in [0, 0.1) is 0 Å². The zero-order chi connectivity index (χ0) is 13.2. The van der Waals surface area contributed by atoms with Crippen molar-refractivity contribution in [2.45, 2.75) is 16.0 Å². The molecule has 5 heteroatoms. The highest BCUT2D eigenvalue weighted by molar-refractivity contribution is 9.10. The first-order valence-electron chi connectivity index (χ1n) is 5.06. The molecule has 0 aliphatic rings. The lowest BCUT2D eigenvalue weighted by Crippen LogP contribution is -2.03. The average Bonchev–Trinajstić information content (AvgIpc) is 2.32. The molecule has 0 heterocycles. The molecule has 0 saturated carbocycles. The molecule has 0 N–H and O–H groups in total. The Morgan fingerprint density at radius 3 is 2.06 bits per heavy atom. The number of halogens is 4. The van der Waals surface area contributed by atoms with Crippen LogP contribution in [0.5, 0.6) is 0 Å². The number of hydrogen-bond acceptors (Lipinski definition) is 1. The molecule has 0 saturated heterocycles. The minimum atomic E-state index is -4.28. The Morgan fingerprint density at radius 1 is 0.889 bits per heavy atom. The van der Waals surface area contributed by atoms with E-state index < -0.39 is 11.7 Å². The van der Waals surface area contributed by atoms with Crippen molar-refractivity contribution < 1.29 is 13.2 Å². The summed E-state index contributed by atoms with van der Waals surface area (Å²) in [5.41, 5.74) is -0.626. The zero-order valence-corrected chi connectivity index (χ0v) is 11.4. The van der Waals surface area contributed by atoms with Gasteiger partial charge in [-0.25, -0.2) is 0 Å². The van der Waals surface area contributed by atoms with Gasteiger partial charge in [-0.1, -0.05) is 23.9 Å². The van der Waals surface area contributed by atoms with E-state index in [9.17, 15) is 13.2 Å². The number of alkyl halides is 3. The average molecular weight is 333 g/mol. The van der Waals surface area contributed by atoms with Crippen molar-refractivity contribution in [3.05, 3.63) is 58.6 Å². The molecule has 0 aliphatic carbocycles. The van der Waals surface area contributed by atoms with Gasteiger partial charge >= 0.3 is 6.18 Å². The molecule has 0 amide bonds. The van der Waals surface area contributed by atoms with Gasteiger partial charge < -0.3 is 0 Å². The van der Waals surface area contributed by atoms with E-state index in [2.05, 4.69) is 15.9 Å². The normalized spacial score (nSPS) is 11.6. The van der Waals surface area contributed by atoms with Gasteiger partial charge in [0.1, 0.15) is 0 Å². The van der Waals surface area contributed by atoms with Crippen LogP contribution in [0.4, 0.5) is 13.2 Å². The third-order valence-corrected chi connectivity index (χ3v) is 4.28. The first-order chi connectivity index (χ1) is 8.47. The van der Waals surface area contributed by atoms with Crippen molar-refractivity contribution >= 4 is 27.7 Å². The summed E-state index contributed by atoms with van der Waals surface area (Å²) in [6.07, 6.45) is -4.28. The highest BCUT2D eigenvalue weighted by Gasteiger charge is 2.29. The molecule has 0 aliphatic heterocycles. The first-order valence-corrected chi connectivity index (χ1v) is 6.67. The van der Waals surface area contributed by atoms with Crippen LogP contribution in [0.3, 0.4) is 0 Å². The third kappa shape index (κ3) is 3.29. The topological polar surface area (TPSA) is 0 Å². The Morgan fingerprint density at radius 2 is 1.50 bits per heavy atom. The summed E-state index contributed by atoms with van der Waals surface area (Å²) in [6.45, 7) is 0. The van der Waals surface area contributed by atoms with E-state index >= 15 is 0 Å². The summed E-state index contributed by atoms with van der Waals surface area (Å²) in [6, 6.07) is 12.7. The Labute approximate surface area is 115 Å². The van der Waals surface area contributed by atoms with Crippen LogP contribution in [-0.2, 0) is 6.18 Å². The monoisotopic (exact) mass is 332 g/mol. The Kier molecular flexibility index (Phi) is 4.02. The summed E-state index contributed by atoms with van der Waals surface area (Å²) in [5, 5.41) is 0. The van der Waals surface area contributed by atoms with Crippen LogP contribution in [0.1, 0.15) is 5.56 Å². The number of rotatable bonds is 2. The van der Waals surface area contributed by atoms with E-state index in [1.807, 2.05) is 24.3 Å². The second-order valence-corrected chi connectivity index (χ2v) is 5.52. The number of hydrogen-bond donors (Lipinski definition) is 0. The summed E-state index contributed by atoms with van der Waals surface area (Å²) >= 11 is 4.82. The van der Waals surface area contributed by atoms with Crippen molar-refractivity contribution in [3.63, 3.8) is 0 Å². The van der Waals surface area contributed by atoms with Crippen LogP contribution in [0.25, 0.3) is 0 Å². The van der Waals surface area contributed by atoms with Crippen molar-refractivity contribution in [1.82, 2.24) is 0 Å². The van der Waals surface area contributed by atoms with Gasteiger partial charge in [0.2, 0.25) is 0 Å². The molecule has 0 atom stereocenters. The molecule has 0 aromatic heterocycles. The van der Waals surface area contributed by atoms with Crippen molar-refractivity contribution in [1.29, 1.82) is 0 Å². The van der Waals surface area contributed by atoms with Gasteiger partial charge in [-0.3, -0.25) is 0 Å². The maximum absolute atomic E-state index is 12.4. The van der Waals surface area contributed by atoms with Gasteiger partial charge in [0, 0.05) is 14.3 Å². The molecule has 0 nitrogen and oxygen atoms in total. The van der Waals surface area contributed by atoms with E-state index in [4.69, 9.17) is 0 Å². The van der Waals surface area contributed by atoms with E-state index in [-0.39, 0.29) is 0 Å². The lowest BCUT2D eigenvalue weighted by Gasteiger charge is -2.08. The summed E-state index contributed by atoms with van der Waals surface area (Å²) in [7, 11) is 0. The largest absolute Gasteiger partial charge is 0.416 e. The SMILES string of the molecule is FC(F)(F)c1ccc(Sc2ccccc2Br)cc1. The second-order valence-electron chi connectivity index (χ2n) is 3.55. The molecule has 0 unspecified atom stereocenters. The fourth-order valence-electron chi connectivity index (χ4n) is 1.37. The quantitative estimate of drug-likeness (QED) is 0.687. The van der Waals surface area contributed by atoms with Gasteiger partial charge in [0.05, 0.1) is 5.56 Å². The Bertz CT molecular complexity index is 535. The van der Waals surface area contributed by atoms with Crippen molar-refractivity contribution in [2.24, 2.45) is 0 Å². The molecule has 2 aromatic carbocycles. The van der Waals surface area contributed by atoms with Crippen molar-refractivity contribution in [3.8, 4) is 0 Å². The van der Waals surface area contributed by atoms with Crippen LogP contribution in [0.2, 0.25) is 0 Å². The lowest BCUT2D eigenvalue weighted by molar-refractivity contribution is -0.137. The Hall–Kier alpha value is -0.940. The summed E-state index contributed by atoms with van der Waals surface area (Å²) in [5.74, 6) is 0. The van der Waals surface area contributed by atoms with Gasteiger partial charge in [-0.2, -0.15) is 13.2 Å². The molecule has 18 heavy (non-hydrogen) atoms. The molecule has 0 bridgehead atoms. The maximum Gasteiger partial charge on any atom is 0.416 e. The zero-order valence-electron chi connectivity index (χ0n) is 9.04. The Balaban J connectivity index is 2.19. The van der Waals surface area contributed by atoms with Gasteiger partial charge in [0.25, 0.3) is 0 Å². The molecule has 2 aromatic rings. The minimum Gasteiger partial charge on any atom is -0.166 e. The lowest BCUT2D eigenvalue weighted by atomic mass is 10.2. The van der Waals surface area contributed by atoms with Gasteiger partial charge in [-0.15, -0.1) is 0 Å². The van der Waals surface area contributed by atoms with E-state index in [0.717, 1.165) is 26.4 Å². The van der Waals surface area contributed by atoms with Gasteiger partial charge in [-0.05, 0) is 52.3 Å². The second kappa shape index (κ2) is 5.36. The molecule has 2 rings (SSSR count). The number of benzene rings is 2. The van der Waals surface area contributed by atoms with Crippen LogP contribution < -0.4 is 0 Å². The first kappa shape index (κ1) is 13.5. The molecule has 94 valence electrons. The predicted molar refractivity (Wildman–Crippen MR) is 69.7 cm³/mol. The van der Waals surface area contributed by atoms with Crippen LogP contribution in [0.15, 0.2) is 62.8 Å². The van der Waals surface area contributed by atoms with Gasteiger partial charge in [0.15, 0.2) is 0 Å². The summed E-state index contributed by atoms with van der Waals surface area (Å²) < 4.78 is 38.1. The highest BCUT2D eigenvalue weighted by atomic mass is 79.9. The maximum atomic E-state index is 12.4. The minimum absolute atomic E-state index is 0.626. The molecule has 0 fully saturated rings. The van der Waals surface area contributed by atoms with Crippen LogP contribution >= 0.6 is 27.7 Å². The molecular formula is C13H8BrF3S. The standard InChI is InChI=1S/C13H8BrF3S/c14-11-3-1-2-4-12(11)18-10-7-5-9(6-8-10)13(15,16)17/h1-8H. The molecule has 0 radical (unpaired) electrons. The van der Waals surface area contributed by atoms with E-state index in [0.29, 0.717) is 0 Å². The highest BCUT2D eigenvalue weighted by Crippen LogP contribution is 2.35. The van der Waals surface area contributed by atoms with Crippen molar-refractivity contribution in [2.75, 3.05) is 0 Å². The third-order valence-electron chi connectivity index (χ3n) is 2.25.